The molecule has 2 N–H and O–H groups in total. The molecule has 2 aromatic rings. The van der Waals surface area contributed by atoms with E-state index in [1.807, 2.05) is 12.1 Å². The Bertz CT molecular complexity index is 905. The lowest BCUT2D eigenvalue weighted by molar-refractivity contribution is -0.122. The molecule has 1 aromatic carbocycles. The molecule has 0 unspecified atom stereocenters. The standard InChI is InChI=1S/C25H32ClN3O2/c1-25(7-10-31-11-8-25)17-29-20-6-2-4-18(12-20)22-13-21(28-16-23(22)26)14-24(30)19-5-3-9-27-15-19/h2,4,6,12-13,16,19,27,29H,3,5,7-11,14-15,17H2,1H3/t19-/m1/s1. The Labute approximate surface area is 189 Å². The van der Waals surface area contributed by atoms with Crippen molar-refractivity contribution < 1.29 is 9.53 Å². The average Bonchev–Trinajstić information content (AvgIpc) is 2.80. The number of Topliss-reactive ketones (excluding diaryl/α,β-unsaturated/α-hetero) is 1. The summed E-state index contributed by atoms with van der Waals surface area (Å²) in [5.74, 6) is 0.349. The maximum absolute atomic E-state index is 12.7. The van der Waals surface area contributed by atoms with Crippen LogP contribution >= 0.6 is 11.6 Å². The molecule has 1 aromatic heterocycles. The van der Waals surface area contributed by atoms with Crippen molar-refractivity contribution in [1.29, 1.82) is 0 Å². The maximum atomic E-state index is 12.7. The first kappa shape index (κ1) is 22.3. The zero-order valence-corrected chi connectivity index (χ0v) is 19.0. The monoisotopic (exact) mass is 441 g/mol. The van der Waals surface area contributed by atoms with Gasteiger partial charge in [-0.3, -0.25) is 9.78 Å². The van der Waals surface area contributed by atoms with Crippen molar-refractivity contribution in [2.24, 2.45) is 11.3 Å². The van der Waals surface area contributed by atoms with Crippen molar-refractivity contribution in [3.05, 3.63) is 47.2 Å². The van der Waals surface area contributed by atoms with Gasteiger partial charge in [-0.25, -0.2) is 0 Å². The van der Waals surface area contributed by atoms with Gasteiger partial charge in [-0.05, 0) is 61.4 Å². The molecule has 0 aliphatic carbocycles. The van der Waals surface area contributed by atoms with Crippen molar-refractivity contribution in [1.82, 2.24) is 10.3 Å². The number of hydrogen-bond acceptors (Lipinski definition) is 5. The number of nitrogens with one attached hydrogen (secondary N) is 2. The summed E-state index contributed by atoms with van der Waals surface area (Å²) in [5, 5.41) is 7.52. The van der Waals surface area contributed by atoms with Crippen molar-refractivity contribution in [2.75, 3.05) is 38.2 Å². The van der Waals surface area contributed by atoms with Gasteiger partial charge in [-0.2, -0.15) is 0 Å². The topological polar surface area (TPSA) is 63.2 Å². The number of ether oxygens (including phenoxy) is 1. The molecule has 6 heteroatoms. The first-order valence-corrected chi connectivity index (χ1v) is 11.7. The molecule has 4 rings (SSSR count). The summed E-state index contributed by atoms with van der Waals surface area (Å²) in [5.41, 5.74) is 4.06. The minimum Gasteiger partial charge on any atom is -0.384 e. The van der Waals surface area contributed by atoms with E-state index in [0.717, 1.165) is 81.0 Å². The maximum Gasteiger partial charge on any atom is 0.143 e. The molecule has 2 aliphatic rings. The Kier molecular flexibility index (Phi) is 7.26. The van der Waals surface area contributed by atoms with Gasteiger partial charge in [0.1, 0.15) is 5.78 Å². The lowest BCUT2D eigenvalue weighted by Crippen LogP contribution is -2.35. The number of anilines is 1. The first-order chi connectivity index (χ1) is 15.0. The van der Waals surface area contributed by atoms with Crippen LogP contribution < -0.4 is 10.6 Å². The number of halogens is 1. The van der Waals surface area contributed by atoms with E-state index < -0.39 is 0 Å². The SMILES string of the molecule is CC1(CNc2cccc(-c3cc(CC(=O)[C@@H]4CCCNC4)ncc3Cl)c2)CCOCC1. The van der Waals surface area contributed by atoms with E-state index in [9.17, 15) is 4.79 Å². The fraction of sp³-hybridized carbons (Fsp3) is 0.520. The van der Waals surface area contributed by atoms with Crippen LogP contribution in [0.2, 0.25) is 5.02 Å². The van der Waals surface area contributed by atoms with E-state index in [0.29, 0.717) is 11.4 Å². The number of hydrogen-bond donors (Lipinski definition) is 2. The van der Waals surface area contributed by atoms with E-state index in [1.165, 1.54) is 0 Å². The molecule has 5 nitrogen and oxygen atoms in total. The van der Waals surface area contributed by atoms with Crippen LogP contribution in [0.25, 0.3) is 11.1 Å². The third-order valence-corrected chi connectivity index (χ3v) is 6.91. The molecule has 166 valence electrons. The normalized spacial score (nSPS) is 20.9. The largest absolute Gasteiger partial charge is 0.384 e. The van der Waals surface area contributed by atoms with Gasteiger partial charge in [0.25, 0.3) is 0 Å². The highest BCUT2D eigenvalue weighted by Crippen LogP contribution is 2.32. The van der Waals surface area contributed by atoms with Gasteiger partial charge in [0.05, 0.1) is 5.02 Å². The molecule has 0 saturated carbocycles. The Morgan fingerprint density at radius 1 is 1.32 bits per heavy atom. The van der Waals surface area contributed by atoms with Crippen LogP contribution in [0.15, 0.2) is 36.5 Å². The van der Waals surface area contributed by atoms with Crippen LogP contribution in [0.5, 0.6) is 0 Å². The fourth-order valence-corrected chi connectivity index (χ4v) is 4.61. The molecule has 0 spiro atoms. The van der Waals surface area contributed by atoms with Crippen molar-refractivity contribution in [2.45, 2.75) is 39.0 Å². The van der Waals surface area contributed by atoms with Gasteiger partial charge in [0.15, 0.2) is 0 Å². The van der Waals surface area contributed by atoms with Gasteiger partial charge in [0, 0.05) is 61.8 Å². The summed E-state index contributed by atoms with van der Waals surface area (Å²) in [7, 11) is 0. The molecule has 0 radical (unpaired) electrons. The molecule has 3 heterocycles. The smallest absolute Gasteiger partial charge is 0.143 e. The third-order valence-electron chi connectivity index (χ3n) is 6.61. The number of piperidine rings is 1. The van der Waals surface area contributed by atoms with Crippen molar-refractivity contribution in [3.63, 3.8) is 0 Å². The number of carbonyl (C=O) groups excluding carboxylic acids is 1. The van der Waals surface area contributed by atoms with Gasteiger partial charge >= 0.3 is 0 Å². The quantitative estimate of drug-likeness (QED) is 0.649. The van der Waals surface area contributed by atoms with Gasteiger partial charge in [0.2, 0.25) is 0 Å². The Morgan fingerprint density at radius 3 is 2.94 bits per heavy atom. The minimum absolute atomic E-state index is 0.0914. The van der Waals surface area contributed by atoms with Gasteiger partial charge in [-0.1, -0.05) is 30.7 Å². The molecule has 0 amide bonds. The third kappa shape index (κ3) is 5.85. The summed E-state index contributed by atoms with van der Waals surface area (Å²) >= 11 is 6.50. The predicted molar refractivity (Wildman–Crippen MR) is 126 cm³/mol. The molecular weight excluding hydrogens is 410 g/mol. The summed E-state index contributed by atoms with van der Waals surface area (Å²) in [6.07, 6.45) is 6.19. The predicted octanol–water partition coefficient (Wildman–Crippen LogP) is 4.74. The van der Waals surface area contributed by atoms with Crippen LogP contribution in [0.3, 0.4) is 0 Å². The van der Waals surface area contributed by atoms with E-state index in [4.69, 9.17) is 16.3 Å². The summed E-state index contributed by atoms with van der Waals surface area (Å²) in [4.78, 5) is 17.1. The number of aromatic nitrogens is 1. The lowest BCUT2D eigenvalue weighted by Gasteiger charge is -2.34. The summed E-state index contributed by atoms with van der Waals surface area (Å²) in [6.45, 7) is 6.69. The highest BCUT2D eigenvalue weighted by Gasteiger charge is 2.27. The van der Waals surface area contributed by atoms with E-state index in [-0.39, 0.29) is 17.1 Å². The number of benzene rings is 1. The highest BCUT2D eigenvalue weighted by atomic mass is 35.5. The average molecular weight is 442 g/mol. The second-order valence-electron chi connectivity index (χ2n) is 9.20. The number of rotatable bonds is 7. The van der Waals surface area contributed by atoms with Crippen molar-refractivity contribution >= 4 is 23.1 Å². The van der Waals surface area contributed by atoms with Crippen LogP contribution in [-0.4, -0.2) is 43.6 Å². The number of nitrogens with zero attached hydrogens (tertiary/aromatic N) is 1. The van der Waals surface area contributed by atoms with Crippen LogP contribution in [-0.2, 0) is 16.0 Å². The Morgan fingerprint density at radius 2 is 2.16 bits per heavy atom. The Balaban J connectivity index is 1.46. The molecule has 2 fully saturated rings. The van der Waals surface area contributed by atoms with E-state index >= 15 is 0 Å². The zero-order chi connectivity index (χ0) is 21.7. The zero-order valence-electron chi connectivity index (χ0n) is 18.3. The number of pyridine rings is 1. The highest BCUT2D eigenvalue weighted by molar-refractivity contribution is 6.33. The first-order valence-electron chi connectivity index (χ1n) is 11.3. The lowest BCUT2D eigenvalue weighted by atomic mass is 9.82. The fourth-order valence-electron chi connectivity index (χ4n) is 4.40. The second kappa shape index (κ2) is 10.1. The van der Waals surface area contributed by atoms with Gasteiger partial charge < -0.3 is 15.4 Å². The summed E-state index contributed by atoms with van der Waals surface area (Å²) < 4.78 is 5.51. The molecule has 2 aliphatic heterocycles. The summed E-state index contributed by atoms with van der Waals surface area (Å²) in [6, 6.07) is 10.3. The van der Waals surface area contributed by atoms with Crippen LogP contribution in [0.1, 0.15) is 38.3 Å². The molecule has 2 saturated heterocycles. The molecular formula is C25H32ClN3O2. The second-order valence-corrected chi connectivity index (χ2v) is 9.61. The minimum atomic E-state index is 0.0914. The van der Waals surface area contributed by atoms with E-state index in [2.05, 4.69) is 40.7 Å². The molecule has 1 atom stereocenters. The van der Waals surface area contributed by atoms with Gasteiger partial charge in [-0.15, -0.1) is 0 Å². The van der Waals surface area contributed by atoms with Crippen LogP contribution in [0, 0.1) is 11.3 Å². The van der Waals surface area contributed by atoms with Crippen molar-refractivity contribution in [3.8, 4) is 11.1 Å². The van der Waals surface area contributed by atoms with E-state index in [1.54, 1.807) is 6.20 Å². The number of carbonyl (C=O) groups is 1. The number of ketones is 1. The molecule has 31 heavy (non-hydrogen) atoms. The molecule has 0 bridgehead atoms. The Hall–Kier alpha value is -1.95. The van der Waals surface area contributed by atoms with Crippen LogP contribution in [0.4, 0.5) is 5.69 Å².